The summed E-state index contributed by atoms with van der Waals surface area (Å²) in [6.07, 6.45) is 20.8. The molecule has 5 heteroatoms. The van der Waals surface area contributed by atoms with E-state index < -0.39 is 0 Å². The number of allylic oxidation sites excluding steroid dienone is 7. The van der Waals surface area contributed by atoms with Crippen molar-refractivity contribution in [2.45, 2.75) is 57.4 Å². The number of rotatable bonds is 8. The van der Waals surface area contributed by atoms with Crippen LogP contribution in [0.25, 0.3) is 11.0 Å². The summed E-state index contributed by atoms with van der Waals surface area (Å²) in [7, 11) is 4.18. The van der Waals surface area contributed by atoms with Crippen molar-refractivity contribution in [1.29, 1.82) is 5.26 Å². The fourth-order valence-corrected chi connectivity index (χ4v) is 5.95. The van der Waals surface area contributed by atoms with E-state index in [9.17, 15) is 5.26 Å². The van der Waals surface area contributed by atoms with Crippen LogP contribution >= 0.6 is 0 Å². The van der Waals surface area contributed by atoms with Gasteiger partial charge < -0.3 is 9.42 Å². The molecule has 2 aromatic rings. The van der Waals surface area contributed by atoms with E-state index in [1.54, 1.807) is 5.57 Å². The summed E-state index contributed by atoms with van der Waals surface area (Å²) in [6.45, 7) is 4.34. The molecule has 1 aliphatic heterocycles. The Hall–Kier alpha value is -2.94. The minimum Gasteiger partial charge on any atom is -0.356 e. The molecule has 5 rings (SSSR count). The zero-order valence-corrected chi connectivity index (χ0v) is 21.7. The summed E-state index contributed by atoms with van der Waals surface area (Å²) in [5.41, 5.74) is 6.87. The molecule has 0 spiro atoms. The minimum absolute atomic E-state index is 0.197. The predicted octanol–water partition coefficient (Wildman–Crippen LogP) is 6.30. The van der Waals surface area contributed by atoms with E-state index in [4.69, 9.17) is 4.52 Å². The third kappa shape index (κ3) is 5.72. The number of benzene rings is 1. The molecule has 0 N–H and O–H groups in total. The Bertz CT molecular complexity index is 1230. The van der Waals surface area contributed by atoms with Crippen molar-refractivity contribution in [3.05, 3.63) is 76.6 Å². The van der Waals surface area contributed by atoms with Gasteiger partial charge in [0.2, 0.25) is 0 Å². The first-order valence-corrected chi connectivity index (χ1v) is 13.5. The second-order valence-electron chi connectivity index (χ2n) is 10.9. The van der Waals surface area contributed by atoms with Crippen molar-refractivity contribution in [2.24, 2.45) is 5.92 Å². The lowest BCUT2D eigenvalue weighted by atomic mass is 9.85. The van der Waals surface area contributed by atoms with E-state index in [0.29, 0.717) is 0 Å². The minimum atomic E-state index is 0.197. The maximum atomic E-state index is 9.40. The molecule has 2 heterocycles. The zero-order valence-electron chi connectivity index (χ0n) is 21.7. The fraction of sp³-hybridized carbons (Fsp3) is 0.484. The monoisotopic (exact) mass is 482 g/mol. The van der Waals surface area contributed by atoms with Crippen molar-refractivity contribution >= 4 is 11.0 Å². The van der Waals surface area contributed by atoms with E-state index in [-0.39, 0.29) is 5.92 Å². The van der Waals surface area contributed by atoms with Gasteiger partial charge in [0.1, 0.15) is 0 Å². The number of likely N-dealkylation sites (tertiary alicyclic amines) is 1. The first-order valence-electron chi connectivity index (χ1n) is 13.5. The number of fused-ring (bicyclic) bond motifs is 1. The summed E-state index contributed by atoms with van der Waals surface area (Å²) in [4.78, 5) is 4.82. The number of nitriles is 1. The molecule has 5 nitrogen and oxygen atoms in total. The van der Waals surface area contributed by atoms with Crippen LogP contribution in [0.15, 0.2) is 64.3 Å². The first-order chi connectivity index (χ1) is 17.6. The molecule has 3 aliphatic rings. The van der Waals surface area contributed by atoms with E-state index in [2.05, 4.69) is 71.6 Å². The van der Waals surface area contributed by atoms with Gasteiger partial charge >= 0.3 is 0 Å². The Morgan fingerprint density at radius 3 is 2.78 bits per heavy atom. The van der Waals surface area contributed by atoms with Gasteiger partial charge in [-0.05, 0) is 95.8 Å². The van der Waals surface area contributed by atoms with Gasteiger partial charge in [0.05, 0.1) is 11.8 Å². The number of hydrogen-bond donors (Lipinski definition) is 0. The van der Waals surface area contributed by atoms with Crippen molar-refractivity contribution in [1.82, 2.24) is 15.0 Å². The molecule has 0 radical (unpaired) electrons. The molecule has 0 bridgehead atoms. The Morgan fingerprint density at radius 2 is 2.03 bits per heavy atom. The Labute approximate surface area is 215 Å². The number of nitrogens with zero attached hydrogens (tertiary/aromatic N) is 4. The standard InChI is InChI=1S/C31H38N4O/c1-34(2)22-29-27(26-10-6-9-25(19-26)20-32)12-13-28-30(33-36-31(28)29)14-11-23-15-17-35(18-16-23)21-24-7-4-3-5-8-24/h3-4,6-7,9-10,12-13,23,26H,5,8,11,14-19,21-22H2,1-2H3. The average molecular weight is 483 g/mol. The van der Waals surface area contributed by atoms with Gasteiger partial charge in [-0.1, -0.05) is 47.2 Å². The van der Waals surface area contributed by atoms with Gasteiger partial charge in [-0.15, -0.1) is 0 Å². The topological polar surface area (TPSA) is 56.3 Å². The Balaban J connectivity index is 1.25. The lowest BCUT2D eigenvalue weighted by molar-refractivity contribution is 0.190. The average Bonchev–Trinajstić information content (AvgIpc) is 3.32. The molecule has 1 fully saturated rings. The summed E-state index contributed by atoms with van der Waals surface area (Å²) < 4.78 is 6.01. The van der Waals surface area contributed by atoms with Gasteiger partial charge in [-0.2, -0.15) is 5.26 Å². The first kappa shape index (κ1) is 24.7. The number of piperidine rings is 1. The quantitative estimate of drug-likeness (QED) is 0.442. The molecule has 1 atom stereocenters. The maximum absolute atomic E-state index is 9.40. The molecule has 0 saturated carbocycles. The van der Waals surface area contributed by atoms with Crippen LogP contribution in [0, 0.1) is 17.2 Å². The highest BCUT2D eigenvalue weighted by Crippen LogP contribution is 2.36. The lowest BCUT2D eigenvalue weighted by Gasteiger charge is -2.32. The van der Waals surface area contributed by atoms with Crippen molar-refractivity contribution in [3.8, 4) is 6.07 Å². The van der Waals surface area contributed by atoms with Crippen LogP contribution in [0.4, 0.5) is 0 Å². The van der Waals surface area contributed by atoms with Crippen LogP contribution in [0.3, 0.4) is 0 Å². The number of aryl methyl sites for hydroxylation is 1. The predicted molar refractivity (Wildman–Crippen MR) is 146 cm³/mol. The summed E-state index contributed by atoms with van der Waals surface area (Å²) in [5.74, 6) is 0.959. The highest BCUT2D eigenvalue weighted by molar-refractivity contribution is 5.84. The lowest BCUT2D eigenvalue weighted by Crippen LogP contribution is -2.35. The van der Waals surface area contributed by atoms with E-state index in [1.807, 2.05) is 12.2 Å². The Morgan fingerprint density at radius 1 is 1.17 bits per heavy atom. The second-order valence-corrected chi connectivity index (χ2v) is 10.9. The third-order valence-corrected chi connectivity index (χ3v) is 7.98. The second kappa shape index (κ2) is 11.4. The highest BCUT2D eigenvalue weighted by atomic mass is 16.5. The van der Waals surface area contributed by atoms with Gasteiger partial charge in [0.25, 0.3) is 0 Å². The van der Waals surface area contributed by atoms with Crippen LogP contribution in [0.2, 0.25) is 0 Å². The molecule has 2 aliphatic carbocycles. The van der Waals surface area contributed by atoms with Crippen molar-refractivity contribution in [3.63, 3.8) is 0 Å². The molecule has 1 aromatic heterocycles. The van der Waals surface area contributed by atoms with E-state index >= 15 is 0 Å². The SMILES string of the molecule is CN(C)Cc1c(C2C=CC=C(C#N)C2)ccc2c(CCC3CCN(CC4=CC=CCC4)CC3)noc12. The molecule has 1 aromatic carbocycles. The number of aromatic nitrogens is 1. The van der Waals surface area contributed by atoms with Crippen LogP contribution in [-0.4, -0.2) is 48.7 Å². The van der Waals surface area contributed by atoms with Crippen LogP contribution in [0.1, 0.15) is 61.3 Å². The molecular weight excluding hydrogens is 444 g/mol. The van der Waals surface area contributed by atoms with E-state index in [0.717, 1.165) is 54.1 Å². The molecule has 1 unspecified atom stereocenters. The van der Waals surface area contributed by atoms with Crippen LogP contribution in [0.5, 0.6) is 0 Å². The summed E-state index contributed by atoms with van der Waals surface area (Å²) >= 11 is 0. The van der Waals surface area contributed by atoms with Gasteiger partial charge in [-0.3, -0.25) is 4.90 Å². The zero-order chi connectivity index (χ0) is 24.9. The molecular formula is C31H38N4O. The molecule has 1 saturated heterocycles. The van der Waals surface area contributed by atoms with Crippen LogP contribution in [-0.2, 0) is 13.0 Å². The van der Waals surface area contributed by atoms with Crippen LogP contribution < -0.4 is 0 Å². The third-order valence-electron chi connectivity index (χ3n) is 7.98. The van der Waals surface area contributed by atoms with E-state index in [1.165, 1.54) is 56.3 Å². The molecule has 36 heavy (non-hydrogen) atoms. The van der Waals surface area contributed by atoms with Gasteiger partial charge in [-0.25, -0.2) is 0 Å². The number of hydrogen-bond acceptors (Lipinski definition) is 5. The molecule has 0 amide bonds. The summed E-state index contributed by atoms with van der Waals surface area (Å²) in [5, 5.41) is 15.1. The van der Waals surface area contributed by atoms with Gasteiger partial charge in [0.15, 0.2) is 5.58 Å². The largest absolute Gasteiger partial charge is 0.356 e. The molecule has 188 valence electrons. The van der Waals surface area contributed by atoms with Crippen molar-refractivity contribution < 1.29 is 4.52 Å². The maximum Gasteiger partial charge on any atom is 0.171 e. The fourth-order valence-electron chi connectivity index (χ4n) is 5.95. The van der Waals surface area contributed by atoms with Gasteiger partial charge in [0, 0.05) is 35.5 Å². The smallest absolute Gasteiger partial charge is 0.171 e. The summed E-state index contributed by atoms with van der Waals surface area (Å²) in [6, 6.07) is 6.77. The Kier molecular flexibility index (Phi) is 7.84. The normalized spacial score (nSPS) is 21.1. The van der Waals surface area contributed by atoms with Crippen molar-refractivity contribution in [2.75, 3.05) is 33.7 Å². The highest BCUT2D eigenvalue weighted by Gasteiger charge is 2.24.